The molecule has 130 valence electrons. The van der Waals surface area contributed by atoms with E-state index in [0.29, 0.717) is 11.0 Å². The highest BCUT2D eigenvalue weighted by Gasteiger charge is 2.17. The molecule has 0 aliphatic heterocycles. The largest absolute Gasteiger partial charge is 0.355 e. The Kier molecular flexibility index (Phi) is 9.04. The minimum absolute atomic E-state index is 0. The summed E-state index contributed by atoms with van der Waals surface area (Å²) in [7, 11) is 0. The molecule has 2 aromatic rings. The van der Waals surface area contributed by atoms with Gasteiger partial charge in [-0.2, -0.15) is 8.78 Å². The molecule has 0 radical (unpaired) electrons. The number of alkyl halides is 2. The number of aromatic nitrogens is 2. The topological polar surface area (TPSA) is 72.9 Å². The Labute approximate surface area is 145 Å². The van der Waals surface area contributed by atoms with Gasteiger partial charge in [-0.05, 0) is 12.1 Å². The SMILES string of the molecule is CC(CN)C(=O)NCCc1nc2ccccc2n1C(F)F.Cl.Cl. The summed E-state index contributed by atoms with van der Waals surface area (Å²) in [5.74, 6) is -0.219. The summed E-state index contributed by atoms with van der Waals surface area (Å²) >= 11 is 0. The van der Waals surface area contributed by atoms with Gasteiger partial charge in [0.1, 0.15) is 5.82 Å². The maximum Gasteiger partial charge on any atom is 0.320 e. The van der Waals surface area contributed by atoms with E-state index in [1.807, 2.05) is 0 Å². The van der Waals surface area contributed by atoms with Gasteiger partial charge >= 0.3 is 6.55 Å². The summed E-state index contributed by atoms with van der Waals surface area (Å²) in [6.07, 6.45) is 0.238. The molecule has 0 saturated heterocycles. The van der Waals surface area contributed by atoms with E-state index in [-0.39, 0.29) is 62.0 Å². The Morgan fingerprint density at radius 1 is 1.35 bits per heavy atom. The molecule has 9 heteroatoms. The third-order valence-corrected chi connectivity index (χ3v) is 3.31. The van der Waals surface area contributed by atoms with E-state index < -0.39 is 6.55 Å². The number of fused-ring (bicyclic) bond motifs is 1. The number of nitrogens with one attached hydrogen (secondary N) is 1. The summed E-state index contributed by atoms with van der Waals surface area (Å²) < 4.78 is 27.3. The third kappa shape index (κ3) is 5.02. The van der Waals surface area contributed by atoms with Crippen molar-refractivity contribution in [2.45, 2.75) is 19.9 Å². The second kappa shape index (κ2) is 9.64. The lowest BCUT2D eigenvalue weighted by Gasteiger charge is -2.11. The van der Waals surface area contributed by atoms with Crippen molar-refractivity contribution in [1.82, 2.24) is 14.9 Å². The lowest BCUT2D eigenvalue weighted by atomic mass is 10.2. The van der Waals surface area contributed by atoms with Gasteiger partial charge in [-0.25, -0.2) is 4.98 Å². The van der Waals surface area contributed by atoms with E-state index in [9.17, 15) is 13.6 Å². The smallest absolute Gasteiger partial charge is 0.320 e. The summed E-state index contributed by atoms with van der Waals surface area (Å²) in [5.41, 5.74) is 6.31. The molecule has 0 spiro atoms. The first-order valence-electron chi connectivity index (χ1n) is 6.76. The van der Waals surface area contributed by atoms with E-state index >= 15 is 0 Å². The molecule has 5 nitrogen and oxygen atoms in total. The van der Waals surface area contributed by atoms with Gasteiger partial charge in [0.2, 0.25) is 5.91 Å². The summed E-state index contributed by atoms with van der Waals surface area (Å²) in [5, 5.41) is 2.68. The maximum atomic E-state index is 13.2. The maximum absolute atomic E-state index is 13.2. The van der Waals surface area contributed by atoms with E-state index in [1.54, 1.807) is 31.2 Å². The Bertz CT molecular complexity index is 636. The number of nitrogens with two attached hydrogens (primary N) is 1. The van der Waals surface area contributed by atoms with Gasteiger partial charge in [-0.15, -0.1) is 24.8 Å². The molecular weight excluding hydrogens is 349 g/mol. The van der Waals surface area contributed by atoms with Crippen LogP contribution in [0.4, 0.5) is 8.78 Å². The molecule has 1 aromatic carbocycles. The van der Waals surface area contributed by atoms with Crippen molar-refractivity contribution in [2.75, 3.05) is 13.1 Å². The highest BCUT2D eigenvalue weighted by Crippen LogP contribution is 2.23. The van der Waals surface area contributed by atoms with E-state index in [2.05, 4.69) is 10.3 Å². The zero-order valence-electron chi connectivity index (χ0n) is 12.5. The lowest BCUT2D eigenvalue weighted by Crippen LogP contribution is -2.34. The average molecular weight is 369 g/mol. The van der Waals surface area contributed by atoms with Crippen LogP contribution in [0.3, 0.4) is 0 Å². The van der Waals surface area contributed by atoms with Gasteiger partial charge in [0.15, 0.2) is 0 Å². The van der Waals surface area contributed by atoms with Crippen LogP contribution in [0.25, 0.3) is 11.0 Å². The number of para-hydroxylation sites is 2. The fourth-order valence-corrected chi connectivity index (χ4v) is 2.07. The number of hydrogen-bond donors (Lipinski definition) is 2. The van der Waals surface area contributed by atoms with Crippen LogP contribution in [-0.4, -0.2) is 28.5 Å². The number of nitrogens with zero attached hydrogens (tertiary/aromatic N) is 2. The van der Waals surface area contributed by atoms with Crippen LogP contribution in [0.5, 0.6) is 0 Å². The van der Waals surface area contributed by atoms with Crippen molar-refractivity contribution < 1.29 is 13.6 Å². The zero-order chi connectivity index (χ0) is 15.4. The lowest BCUT2D eigenvalue weighted by molar-refractivity contribution is -0.124. The molecule has 2 rings (SSSR count). The summed E-state index contributed by atoms with van der Waals surface area (Å²) in [4.78, 5) is 15.8. The van der Waals surface area contributed by atoms with Crippen molar-refractivity contribution in [3.63, 3.8) is 0 Å². The van der Waals surface area contributed by atoms with Crippen molar-refractivity contribution in [1.29, 1.82) is 0 Å². The monoisotopic (exact) mass is 368 g/mol. The second-order valence-electron chi connectivity index (χ2n) is 4.84. The minimum atomic E-state index is -2.66. The van der Waals surface area contributed by atoms with Crippen LogP contribution >= 0.6 is 24.8 Å². The van der Waals surface area contributed by atoms with Gasteiger partial charge in [-0.3, -0.25) is 9.36 Å². The molecule has 0 bridgehead atoms. The number of amides is 1. The molecule has 23 heavy (non-hydrogen) atoms. The molecule has 3 N–H and O–H groups in total. The van der Waals surface area contributed by atoms with Crippen molar-refractivity contribution >= 4 is 41.8 Å². The van der Waals surface area contributed by atoms with Gasteiger partial charge in [0.25, 0.3) is 0 Å². The van der Waals surface area contributed by atoms with Crippen LogP contribution in [0.15, 0.2) is 24.3 Å². The molecule has 1 amide bonds. The second-order valence-corrected chi connectivity index (χ2v) is 4.84. The average Bonchev–Trinajstić information content (AvgIpc) is 2.84. The van der Waals surface area contributed by atoms with Gasteiger partial charge in [0, 0.05) is 25.4 Å². The van der Waals surface area contributed by atoms with Gasteiger partial charge in [-0.1, -0.05) is 19.1 Å². The Morgan fingerprint density at radius 3 is 2.61 bits per heavy atom. The fraction of sp³-hybridized carbons (Fsp3) is 0.429. The predicted octanol–water partition coefficient (Wildman–Crippen LogP) is 2.53. The predicted molar refractivity (Wildman–Crippen MR) is 90.4 cm³/mol. The fourth-order valence-electron chi connectivity index (χ4n) is 2.07. The van der Waals surface area contributed by atoms with Crippen molar-refractivity contribution in [3.05, 3.63) is 30.1 Å². The Hall–Kier alpha value is -1.44. The number of rotatable bonds is 6. The quantitative estimate of drug-likeness (QED) is 0.822. The standard InChI is InChI=1S/C14H18F2N4O.2ClH/c1-9(8-17)13(21)18-7-6-12-19-10-4-2-3-5-11(10)20(12)14(15)16;;/h2-5,9,14H,6-8,17H2,1H3,(H,18,21);2*1H. The summed E-state index contributed by atoms with van der Waals surface area (Å²) in [6.45, 7) is -0.448. The molecule has 1 aromatic heterocycles. The minimum Gasteiger partial charge on any atom is -0.355 e. The highest BCUT2D eigenvalue weighted by atomic mass is 35.5. The number of halogens is 4. The van der Waals surface area contributed by atoms with Gasteiger partial charge < -0.3 is 11.1 Å². The zero-order valence-corrected chi connectivity index (χ0v) is 14.2. The van der Waals surface area contributed by atoms with Crippen molar-refractivity contribution in [2.24, 2.45) is 11.7 Å². The molecule has 0 fully saturated rings. The molecular formula is C14H20Cl2F2N4O. The van der Waals surface area contributed by atoms with E-state index in [4.69, 9.17) is 5.73 Å². The Morgan fingerprint density at radius 2 is 2.00 bits per heavy atom. The number of benzene rings is 1. The molecule has 0 aliphatic carbocycles. The molecule has 0 aliphatic rings. The van der Waals surface area contributed by atoms with E-state index in [1.165, 1.54) is 0 Å². The van der Waals surface area contributed by atoms with Gasteiger partial charge in [0.05, 0.1) is 11.0 Å². The number of carbonyl (C=O) groups excluding carboxylic acids is 1. The molecule has 1 unspecified atom stereocenters. The third-order valence-electron chi connectivity index (χ3n) is 3.31. The van der Waals surface area contributed by atoms with E-state index in [0.717, 1.165) is 4.57 Å². The van der Waals surface area contributed by atoms with Crippen LogP contribution in [0.1, 0.15) is 19.3 Å². The molecule has 1 atom stereocenters. The molecule has 1 heterocycles. The molecule has 0 saturated carbocycles. The Balaban J connectivity index is 0.00000242. The number of carbonyl (C=O) groups is 1. The van der Waals surface area contributed by atoms with Crippen LogP contribution in [0.2, 0.25) is 0 Å². The van der Waals surface area contributed by atoms with Crippen LogP contribution in [-0.2, 0) is 11.2 Å². The summed E-state index contributed by atoms with van der Waals surface area (Å²) in [6, 6.07) is 6.73. The van der Waals surface area contributed by atoms with Crippen LogP contribution in [0, 0.1) is 5.92 Å². The first-order chi connectivity index (χ1) is 10.0. The van der Waals surface area contributed by atoms with Crippen LogP contribution < -0.4 is 11.1 Å². The highest BCUT2D eigenvalue weighted by molar-refractivity contribution is 5.85. The number of hydrogen-bond acceptors (Lipinski definition) is 3. The van der Waals surface area contributed by atoms with Crippen molar-refractivity contribution in [3.8, 4) is 0 Å². The normalized spacial score (nSPS) is 11.7. The first kappa shape index (κ1) is 21.6. The number of imidazole rings is 1. The first-order valence-corrected chi connectivity index (χ1v) is 6.76.